The average Bonchev–Trinajstić information content (AvgIpc) is 3.71. The molecule has 0 radical (unpaired) electrons. The number of dihydropyridines is 1. The molecule has 2 atom stereocenters. The van der Waals surface area contributed by atoms with Gasteiger partial charge in [-0.2, -0.15) is 0 Å². The number of fused-ring (bicyclic) bond motifs is 1. The molecule has 0 aromatic rings. The Hall–Kier alpha value is -1.18. The second-order valence-corrected chi connectivity index (χ2v) is 11.5. The largest absolute Gasteiger partial charge is 0.388 e. The van der Waals surface area contributed by atoms with Crippen molar-refractivity contribution < 1.29 is 0 Å². The fourth-order valence-electron chi connectivity index (χ4n) is 5.92. The van der Waals surface area contributed by atoms with Gasteiger partial charge < -0.3 is 15.1 Å². The molecule has 0 aromatic carbocycles. The summed E-state index contributed by atoms with van der Waals surface area (Å²) in [5, 5.41) is 9.87. The number of hydrazine groups is 1. The number of hydrogen-bond acceptors (Lipinski definition) is 6. The van der Waals surface area contributed by atoms with Gasteiger partial charge in [-0.3, -0.25) is 4.99 Å². The van der Waals surface area contributed by atoms with Crippen molar-refractivity contribution in [3.63, 3.8) is 0 Å². The molecule has 2 unspecified atom stereocenters. The molecule has 0 bridgehead atoms. The lowest BCUT2D eigenvalue weighted by Crippen LogP contribution is -2.49. The van der Waals surface area contributed by atoms with Crippen LogP contribution in [0.25, 0.3) is 0 Å². The number of piperidine rings is 1. The van der Waals surface area contributed by atoms with E-state index in [1.165, 1.54) is 116 Å². The van der Waals surface area contributed by atoms with Crippen LogP contribution in [0.2, 0.25) is 0 Å². The first kappa shape index (κ1) is 25.5. The third-order valence-corrected chi connectivity index (χ3v) is 8.52. The van der Waals surface area contributed by atoms with Gasteiger partial charge in [0.2, 0.25) is 0 Å². The van der Waals surface area contributed by atoms with Crippen LogP contribution in [0.3, 0.4) is 0 Å². The van der Waals surface area contributed by atoms with E-state index in [9.17, 15) is 0 Å². The third kappa shape index (κ3) is 7.65. The van der Waals surface area contributed by atoms with Gasteiger partial charge >= 0.3 is 0 Å². The number of nitrogens with zero attached hydrogens (tertiary/aromatic N) is 5. The first-order valence-electron chi connectivity index (χ1n) is 14.2. The molecule has 1 N–H and O–H groups in total. The molecule has 7 heteroatoms. The van der Waals surface area contributed by atoms with Crippen molar-refractivity contribution in [2.75, 3.05) is 72.0 Å². The van der Waals surface area contributed by atoms with Crippen LogP contribution in [0.4, 0.5) is 0 Å². The van der Waals surface area contributed by atoms with Crippen molar-refractivity contribution in [3.05, 3.63) is 35.0 Å². The van der Waals surface area contributed by atoms with E-state index >= 15 is 0 Å². The SMILES string of the molecule is ClC1=CC2N=CC=C(NCCCN3CCN(CCCN(CC4CC4)N4CCCCC4)CC3)C2C=C1. The predicted molar refractivity (Wildman–Crippen MR) is 147 cm³/mol. The highest BCUT2D eigenvalue weighted by atomic mass is 35.5. The number of allylic oxidation sites excluding steroid dienone is 3. The van der Waals surface area contributed by atoms with Crippen LogP contribution < -0.4 is 5.32 Å². The third-order valence-electron chi connectivity index (χ3n) is 8.27. The highest BCUT2D eigenvalue weighted by Gasteiger charge is 2.28. The number of rotatable bonds is 12. The molecule has 0 spiro atoms. The van der Waals surface area contributed by atoms with E-state index in [2.05, 4.69) is 48.4 Å². The average molecular weight is 501 g/mol. The monoisotopic (exact) mass is 500 g/mol. The second kappa shape index (κ2) is 12.9. The molecule has 3 fully saturated rings. The molecule has 3 aliphatic heterocycles. The molecular formula is C28H45ClN6. The fourth-order valence-corrected chi connectivity index (χ4v) is 6.12. The van der Waals surface area contributed by atoms with Gasteiger partial charge in [-0.15, -0.1) is 0 Å². The molecule has 5 rings (SSSR count). The molecular weight excluding hydrogens is 456 g/mol. The summed E-state index contributed by atoms with van der Waals surface area (Å²) in [7, 11) is 0. The van der Waals surface area contributed by atoms with Crippen LogP contribution in [0, 0.1) is 11.8 Å². The first-order chi connectivity index (χ1) is 17.2. The maximum Gasteiger partial charge on any atom is 0.0814 e. The van der Waals surface area contributed by atoms with Gasteiger partial charge in [0.05, 0.1) is 6.04 Å². The Morgan fingerprint density at radius 1 is 0.971 bits per heavy atom. The number of nitrogens with one attached hydrogen (secondary N) is 1. The van der Waals surface area contributed by atoms with E-state index in [0.717, 1.165) is 17.5 Å². The Kier molecular flexibility index (Phi) is 9.36. The van der Waals surface area contributed by atoms with Crippen LogP contribution in [-0.4, -0.2) is 104 Å². The van der Waals surface area contributed by atoms with E-state index < -0.39 is 0 Å². The van der Waals surface area contributed by atoms with Crippen LogP contribution >= 0.6 is 11.6 Å². The minimum absolute atomic E-state index is 0.147. The number of aliphatic imine (C=N–C) groups is 1. The van der Waals surface area contributed by atoms with Gasteiger partial charge in [0.15, 0.2) is 0 Å². The maximum atomic E-state index is 6.15. The predicted octanol–water partition coefficient (Wildman–Crippen LogP) is 3.73. The normalized spacial score (nSPS) is 28.2. The van der Waals surface area contributed by atoms with E-state index in [1.807, 2.05) is 12.3 Å². The van der Waals surface area contributed by atoms with E-state index in [4.69, 9.17) is 11.6 Å². The Labute approximate surface area is 217 Å². The van der Waals surface area contributed by atoms with E-state index in [-0.39, 0.29) is 6.04 Å². The van der Waals surface area contributed by atoms with E-state index in [0.29, 0.717) is 5.92 Å². The van der Waals surface area contributed by atoms with Gasteiger partial charge in [0, 0.05) is 81.8 Å². The molecule has 0 amide bonds. The second-order valence-electron chi connectivity index (χ2n) is 11.0. The summed E-state index contributed by atoms with van der Waals surface area (Å²) in [5.41, 5.74) is 1.27. The summed E-state index contributed by atoms with van der Waals surface area (Å²) >= 11 is 6.15. The van der Waals surface area contributed by atoms with Crippen LogP contribution in [0.1, 0.15) is 44.9 Å². The molecule has 35 heavy (non-hydrogen) atoms. The zero-order valence-electron chi connectivity index (χ0n) is 21.5. The van der Waals surface area contributed by atoms with Crippen molar-refractivity contribution in [3.8, 4) is 0 Å². The quantitative estimate of drug-likeness (QED) is 0.413. The van der Waals surface area contributed by atoms with Crippen molar-refractivity contribution in [1.29, 1.82) is 0 Å². The Morgan fingerprint density at radius 3 is 2.46 bits per heavy atom. The highest BCUT2D eigenvalue weighted by molar-refractivity contribution is 6.31. The number of halogens is 1. The maximum absolute atomic E-state index is 6.15. The molecule has 6 nitrogen and oxygen atoms in total. The van der Waals surface area contributed by atoms with Crippen LogP contribution in [-0.2, 0) is 0 Å². The minimum Gasteiger partial charge on any atom is -0.388 e. The van der Waals surface area contributed by atoms with Crippen molar-refractivity contribution in [2.45, 2.75) is 51.0 Å². The molecule has 3 heterocycles. The molecule has 1 saturated carbocycles. The summed E-state index contributed by atoms with van der Waals surface area (Å²) in [4.78, 5) is 9.90. The lowest BCUT2D eigenvalue weighted by molar-refractivity contribution is -0.0454. The minimum atomic E-state index is 0.147. The summed E-state index contributed by atoms with van der Waals surface area (Å²) in [6, 6.07) is 0.147. The summed E-state index contributed by atoms with van der Waals surface area (Å²) in [5.74, 6) is 1.29. The Bertz CT molecular complexity index is 789. The molecule has 2 saturated heterocycles. The van der Waals surface area contributed by atoms with Crippen LogP contribution in [0.15, 0.2) is 40.0 Å². The van der Waals surface area contributed by atoms with Crippen molar-refractivity contribution in [1.82, 2.24) is 25.1 Å². The first-order valence-corrected chi connectivity index (χ1v) is 14.6. The lowest BCUT2D eigenvalue weighted by Gasteiger charge is -2.39. The smallest absolute Gasteiger partial charge is 0.0814 e. The van der Waals surface area contributed by atoms with Gasteiger partial charge in [0.1, 0.15) is 0 Å². The summed E-state index contributed by atoms with van der Waals surface area (Å²) in [6.07, 6.45) is 19.9. The van der Waals surface area contributed by atoms with Crippen LogP contribution in [0.5, 0.6) is 0 Å². The zero-order valence-corrected chi connectivity index (χ0v) is 22.2. The lowest BCUT2D eigenvalue weighted by atomic mass is 9.90. The number of piperazine rings is 1. The summed E-state index contributed by atoms with van der Waals surface area (Å²) in [6.45, 7) is 13.5. The number of hydrogen-bond donors (Lipinski definition) is 1. The van der Waals surface area contributed by atoms with E-state index in [1.54, 1.807) is 0 Å². The molecule has 2 aliphatic carbocycles. The van der Waals surface area contributed by atoms with Gasteiger partial charge in [-0.1, -0.05) is 24.1 Å². The highest BCUT2D eigenvalue weighted by Crippen LogP contribution is 2.31. The molecule has 0 aromatic heterocycles. The summed E-state index contributed by atoms with van der Waals surface area (Å²) < 4.78 is 0. The van der Waals surface area contributed by atoms with Gasteiger partial charge in [0.25, 0.3) is 0 Å². The van der Waals surface area contributed by atoms with Crippen molar-refractivity contribution >= 4 is 17.8 Å². The standard InChI is InChI=1S/C28H45ClN6/c29-25-8-9-26-27(10-12-31-28(26)22-25)30-11-4-13-32-18-20-33(21-19-32)14-5-17-35(23-24-6-7-24)34-15-2-1-3-16-34/h8-10,12,22,24,26,28,30H,1-7,11,13-21,23H2. The fraction of sp³-hybridized carbons (Fsp3) is 0.750. The molecule has 194 valence electrons. The zero-order chi connectivity index (χ0) is 23.9. The Balaban J connectivity index is 0.945. The van der Waals surface area contributed by atoms with Crippen molar-refractivity contribution in [2.24, 2.45) is 16.8 Å². The topological polar surface area (TPSA) is 37.4 Å². The molecule has 5 aliphatic rings. The van der Waals surface area contributed by atoms with Gasteiger partial charge in [-0.25, -0.2) is 10.0 Å². The van der Waals surface area contributed by atoms with Gasteiger partial charge in [-0.05, 0) is 75.8 Å². The Morgan fingerprint density at radius 2 is 1.71 bits per heavy atom.